The molecule has 2 rings (SSSR count). The predicted molar refractivity (Wildman–Crippen MR) is 69.5 cm³/mol. The van der Waals surface area contributed by atoms with Crippen molar-refractivity contribution in [1.29, 1.82) is 0 Å². The maximum absolute atomic E-state index is 6.05. The van der Waals surface area contributed by atoms with Gasteiger partial charge in [0, 0.05) is 24.7 Å². The van der Waals surface area contributed by atoms with Crippen LogP contribution in [-0.2, 0) is 0 Å². The smallest absolute Gasteiger partial charge is 0.00980 e. The molecular weight excluding hydrogens is 196 g/mol. The highest BCUT2D eigenvalue weighted by atomic mass is 15.2. The zero-order valence-electron chi connectivity index (χ0n) is 10.8. The molecule has 0 radical (unpaired) electrons. The van der Waals surface area contributed by atoms with E-state index in [0.717, 1.165) is 6.04 Å². The Hall–Kier alpha value is -0.0800. The van der Waals surface area contributed by atoms with Crippen LogP contribution in [0, 0.1) is 0 Å². The molecule has 16 heavy (non-hydrogen) atoms. The first-order valence-electron chi connectivity index (χ1n) is 7.28. The van der Waals surface area contributed by atoms with Gasteiger partial charge in [0.25, 0.3) is 0 Å². The highest BCUT2D eigenvalue weighted by Gasteiger charge is 2.28. The van der Waals surface area contributed by atoms with Gasteiger partial charge in [-0.15, -0.1) is 0 Å². The Morgan fingerprint density at radius 1 is 0.938 bits per heavy atom. The summed E-state index contributed by atoms with van der Waals surface area (Å²) in [5.41, 5.74) is 6.05. The molecule has 94 valence electrons. The lowest BCUT2D eigenvalue weighted by atomic mass is 9.91. The van der Waals surface area contributed by atoms with Crippen molar-refractivity contribution in [2.24, 2.45) is 5.73 Å². The summed E-state index contributed by atoms with van der Waals surface area (Å²) in [6, 6.07) is 2.04. The number of nitrogens with zero attached hydrogens (tertiary/aromatic N) is 1. The van der Waals surface area contributed by atoms with Crippen LogP contribution in [0.15, 0.2) is 0 Å². The fourth-order valence-electron chi connectivity index (χ4n) is 3.54. The number of hydrogen-bond donors (Lipinski definition) is 1. The number of piperidine rings is 1. The Balaban J connectivity index is 1.88. The minimum atomic E-state index is 0.458. The summed E-state index contributed by atoms with van der Waals surface area (Å²) < 4.78 is 0. The Morgan fingerprint density at radius 3 is 2.19 bits per heavy atom. The van der Waals surface area contributed by atoms with E-state index in [4.69, 9.17) is 5.73 Å². The molecule has 0 amide bonds. The Labute approximate surface area is 101 Å². The molecule has 2 N–H and O–H groups in total. The molecule has 2 nitrogen and oxygen atoms in total. The maximum atomic E-state index is 6.05. The average Bonchev–Trinajstić information content (AvgIpc) is 2.19. The average molecular weight is 224 g/mol. The molecule has 1 aliphatic heterocycles. The van der Waals surface area contributed by atoms with Crippen LogP contribution in [0.4, 0.5) is 0 Å². The largest absolute Gasteiger partial charge is 0.328 e. The van der Waals surface area contributed by atoms with Gasteiger partial charge in [0.2, 0.25) is 0 Å². The lowest BCUT2D eigenvalue weighted by molar-refractivity contribution is 0.0801. The normalized spacial score (nSPS) is 35.6. The summed E-state index contributed by atoms with van der Waals surface area (Å²) in [6.07, 6.45) is 12.5. The van der Waals surface area contributed by atoms with Crippen molar-refractivity contribution in [2.75, 3.05) is 6.54 Å². The second-order valence-electron chi connectivity index (χ2n) is 5.87. The number of likely N-dealkylation sites (tertiary alicyclic amines) is 1. The van der Waals surface area contributed by atoms with Crippen LogP contribution < -0.4 is 5.73 Å². The maximum Gasteiger partial charge on any atom is 0.00980 e. The molecule has 0 aromatic heterocycles. The van der Waals surface area contributed by atoms with Gasteiger partial charge < -0.3 is 5.73 Å². The molecule has 0 spiro atoms. The molecule has 2 unspecified atom stereocenters. The van der Waals surface area contributed by atoms with Crippen LogP contribution >= 0.6 is 0 Å². The molecule has 2 atom stereocenters. The van der Waals surface area contributed by atoms with Crippen molar-refractivity contribution in [3.8, 4) is 0 Å². The first-order valence-corrected chi connectivity index (χ1v) is 7.28. The highest BCUT2D eigenvalue weighted by Crippen LogP contribution is 2.26. The zero-order chi connectivity index (χ0) is 11.4. The van der Waals surface area contributed by atoms with E-state index in [1.165, 1.54) is 64.3 Å². The van der Waals surface area contributed by atoms with E-state index in [1.54, 1.807) is 0 Å². The Bertz CT molecular complexity index is 197. The molecule has 1 saturated heterocycles. The number of hydrogen-bond acceptors (Lipinski definition) is 2. The Morgan fingerprint density at radius 2 is 1.56 bits per heavy atom. The first-order chi connectivity index (χ1) is 7.77. The van der Waals surface area contributed by atoms with Crippen LogP contribution in [-0.4, -0.2) is 29.6 Å². The van der Waals surface area contributed by atoms with E-state index in [0.29, 0.717) is 12.1 Å². The molecule has 1 heterocycles. The first kappa shape index (κ1) is 12.4. The van der Waals surface area contributed by atoms with Gasteiger partial charge in [-0.05, 0) is 32.6 Å². The van der Waals surface area contributed by atoms with E-state index in [9.17, 15) is 0 Å². The van der Waals surface area contributed by atoms with Gasteiger partial charge in [0.15, 0.2) is 0 Å². The highest BCUT2D eigenvalue weighted by molar-refractivity contribution is 4.85. The molecule has 2 aliphatic rings. The SMILES string of the molecule is CC1CC(N)CCN1C1CCCCCCC1. The van der Waals surface area contributed by atoms with E-state index in [1.807, 2.05) is 0 Å². The number of nitrogens with two attached hydrogens (primary N) is 1. The zero-order valence-corrected chi connectivity index (χ0v) is 10.8. The van der Waals surface area contributed by atoms with Gasteiger partial charge in [0.1, 0.15) is 0 Å². The van der Waals surface area contributed by atoms with Gasteiger partial charge in [0.05, 0.1) is 0 Å². The lowest BCUT2D eigenvalue weighted by Crippen LogP contribution is -2.50. The van der Waals surface area contributed by atoms with Gasteiger partial charge >= 0.3 is 0 Å². The second-order valence-corrected chi connectivity index (χ2v) is 5.87. The fraction of sp³-hybridized carbons (Fsp3) is 1.00. The molecule has 2 heteroatoms. The monoisotopic (exact) mass is 224 g/mol. The molecule has 0 aromatic rings. The fourth-order valence-corrected chi connectivity index (χ4v) is 3.54. The van der Waals surface area contributed by atoms with Crippen molar-refractivity contribution in [3.63, 3.8) is 0 Å². The van der Waals surface area contributed by atoms with Crippen LogP contribution in [0.1, 0.15) is 64.7 Å². The Kier molecular flexibility index (Phi) is 4.66. The molecule has 0 bridgehead atoms. The third-order valence-electron chi connectivity index (χ3n) is 4.51. The van der Waals surface area contributed by atoms with E-state index in [2.05, 4.69) is 11.8 Å². The van der Waals surface area contributed by atoms with Crippen molar-refractivity contribution < 1.29 is 0 Å². The molecule has 1 saturated carbocycles. The van der Waals surface area contributed by atoms with Crippen LogP contribution in [0.25, 0.3) is 0 Å². The third kappa shape index (κ3) is 3.21. The minimum Gasteiger partial charge on any atom is -0.328 e. The summed E-state index contributed by atoms with van der Waals surface area (Å²) in [5.74, 6) is 0. The van der Waals surface area contributed by atoms with Crippen LogP contribution in [0.3, 0.4) is 0 Å². The second kappa shape index (κ2) is 6.02. The third-order valence-corrected chi connectivity index (χ3v) is 4.51. The number of rotatable bonds is 1. The van der Waals surface area contributed by atoms with Crippen molar-refractivity contribution in [1.82, 2.24) is 4.90 Å². The van der Waals surface area contributed by atoms with Crippen molar-refractivity contribution >= 4 is 0 Å². The van der Waals surface area contributed by atoms with Crippen molar-refractivity contribution in [3.05, 3.63) is 0 Å². The summed E-state index contributed by atoms with van der Waals surface area (Å²) in [5, 5.41) is 0. The standard InChI is InChI=1S/C14H28N2/c1-12-11-13(15)9-10-16(12)14-7-5-3-2-4-6-8-14/h12-14H,2-11,15H2,1H3. The molecule has 0 aromatic carbocycles. The summed E-state index contributed by atoms with van der Waals surface area (Å²) in [7, 11) is 0. The molecule has 2 fully saturated rings. The summed E-state index contributed by atoms with van der Waals surface area (Å²) in [4.78, 5) is 2.76. The summed E-state index contributed by atoms with van der Waals surface area (Å²) in [6.45, 7) is 3.62. The lowest BCUT2D eigenvalue weighted by Gasteiger charge is -2.42. The van der Waals surface area contributed by atoms with Crippen molar-refractivity contribution in [2.45, 2.75) is 82.8 Å². The molecular formula is C14H28N2. The predicted octanol–water partition coefficient (Wildman–Crippen LogP) is 2.91. The van der Waals surface area contributed by atoms with E-state index in [-0.39, 0.29) is 0 Å². The summed E-state index contributed by atoms with van der Waals surface area (Å²) >= 11 is 0. The quantitative estimate of drug-likeness (QED) is 0.742. The van der Waals surface area contributed by atoms with Gasteiger partial charge in [-0.3, -0.25) is 4.90 Å². The van der Waals surface area contributed by atoms with Gasteiger partial charge in [-0.2, -0.15) is 0 Å². The van der Waals surface area contributed by atoms with Gasteiger partial charge in [-0.25, -0.2) is 0 Å². The molecule has 1 aliphatic carbocycles. The van der Waals surface area contributed by atoms with Crippen LogP contribution in [0.5, 0.6) is 0 Å². The van der Waals surface area contributed by atoms with E-state index >= 15 is 0 Å². The van der Waals surface area contributed by atoms with Gasteiger partial charge in [-0.1, -0.05) is 32.1 Å². The van der Waals surface area contributed by atoms with Crippen LogP contribution in [0.2, 0.25) is 0 Å². The van der Waals surface area contributed by atoms with E-state index < -0.39 is 0 Å². The minimum absolute atomic E-state index is 0.458. The topological polar surface area (TPSA) is 29.3 Å².